The summed E-state index contributed by atoms with van der Waals surface area (Å²) in [5, 5.41) is 0.730. The lowest BCUT2D eigenvalue weighted by Crippen LogP contribution is -2.42. The van der Waals surface area contributed by atoms with Crippen molar-refractivity contribution < 1.29 is 27.4 Å². The lowest BCUT2D eigenvalue weighted by molar-refractivity contribution is 0.0940. The van der Waals surface area contributed by atoms with E-state index in [9.17, 15) is 13.2 Å². The van der Waals surface area contributed by atoms with Gasteiger partial charge in [0.25, 0.3) is 15.9 Å². The summed E-state index contributed by atoms with van der Waals surface area (Å²) in [6.45, 7) is 0. The number of sulfonamides is 1. The van der Waals surface area contributed by atoms with Crippen molar-refractivity contribution in [2.75, 3.05) is 21.3 Å². The number of pyridine rings is 1. The van der Waals surface area contributed by atoms with Crippen LogP contribution in [0, 0.1) is 0 Å². The van der Waals surface area contributed by atoms with Gasteiger partial charge in [0.1, 0.15) is 27.8 Å². The van der Waals surface area contributed by atoms with Crippen molar-refractivity contribution in [1.29, 1.82) is 0 Å². The Morgan fingerprint density at radius 2 is 1.66 bits per heavy atom. The largest absolute Gasteiger partial charge is 0.497 e. The molecule has 0 atom stereocenters. The Bertz CT molecular complexity index is 1160. The van der Waals surface area contributed by atoms with Gasteiger partial charge in [0.2, 0.25) is 0 Å². The van der Waals surface area contributed by atoms with Gasteiger partial charge in [-0.15, -0.1) is 4.83 Å². The summed E-state index contributed by atoms with van der Waals surface area (Å²) in [5.74, 6) is 0.106. The van der Waals surface area contributed by atoms with E-state index in [0.29, 0.717) is 17.0 Å². The van der Waals surface area contributed by atoms with Crippen molar-refractivity contribution in [1.82, 2.24) is 15.2 Å². The van der Waals surface area contributed by atoms with Gasteiger partial charge in [-0.2, -0.15) is 0 Å². The number of fused-ring (bicyclic) bond motifs is 1. The van der Waals surface area contributed by atoms with E-state index in [0.717, 1.165) is 5.39 Å². The molecule has 1 heterocycles. The van der Waals surface area contributed by atoms with Gasteiger partial charge < -0.3 is 14.2 Å². The van der Waals surface area contributed by atoms with Gasteiger partial charge in [0.15, 0.2) is 0 Å². The van der Waals surface area contributed by atoms with Crippen LogP contribution in [0.4, 0.5) is 0 Å². The number of hydrazine groups is 1. The predicted octanol–water partition coefficient (Wildman–Crippen LogP) is 1.88. The Morgan fingerprint density at radius 3 is 2.34 bits per heavy atom. The molecule has 3 rings (SSSR count). The van der Waals surface area contributed by atoms with E-state index in [1.165, 1.54) is 39.5 Å². The number of nitrogens with zero attached hydrogens (tertiary/aromatic N) is 1. The van der Waals surface area contributed by atoms with Gasteiger partial charge in [-0.05, 0) is 24.3 Å². The smallest absolute Gasteiger partial charge is 0.284 e. The van der Waals surface area contributed by atoms with Crippen LogP contribution in [-0.4, -0.2) is 40.6 Å². The van der Waals surface area contributed by atoms with E-state index in [-0.39, 0.29) is 16.3 Å². The van der Waals surface area contributed by atoms with E-state index in [4.69, 9.17) is 14.2 Å². The molecule has 1 aromatic heterocycles. The summed E-state index contributed by atoms with van der Waals surface area (Å²) < 4.78 is 40.7. The number of carbonyl (C=O) groups is 1. The molecule has 0 saturated carbocycles. The zero-order valence-electron chi connectivity index (χ0n) is 15.9. The van der Waals surface area contributed by atoms with Crippen LogP contribution in [-0.2, 0) is 10.0 Å². The monoisotopic (exact) mass is 417 g/mol. The van der Waals surface area contributed by atoms with Crippen molar-refractivity contribution in [2.45, 2.75) is 4.90 Å². The molecule has 9 nitrogen and oxygen atoms in total. The highest BCUT2D eigenvalue weighted by molar-refractivity contribution is 7.89. The van der Waals surface area contributed by atoms with Gasteiger partial charge in [-0.1, -0.05) is 12.1 Å². The van der Waals surface area contributed by atoms with Crippen molar-refractivity contribution in [2.24, 2.45) is 0 Å². The maximum absolute atomic E-state index is 12.6. The van der Waals surface area contributed by atoms with Gasteiger partial charge in [0.05, 0.1) is 26.8 Å². The maximum atomic E-state index is 12.6. The molecule has 3 aromatic rings. The van der Waals surface area contributed by atoms with Gasteiger partial charge >= 0.3 is 0 Å². The molecule has 1 amide bonds. The number of hydrogen-bond acceptors (Lipinski definition) is 7. The molecule has 0 aliphatic carbocycles. The van der Waals surface area contributed by atoms with Crippen molar-refractivity contribution in [3.05, 3.63) is 54.2 Å². The highest BCUT2D eigenvalue weighted by atomic mass is 32.2. The number of aromatic nitrogens is 1. The zero-order valence-corrected chi connectivity index (χ0v) is 16.7. The summed E-state index contributed by atoms with van der Waals surface area (Å²) in [6.07, 6.45) is 0. The SMILES string of the molecule is COc1ccc(OC)c(S(=O)(=O)NNC(=O)c2cc(OC)c3ccccc3n2)c1. The molecule has 0 saturated heterocycles. The van der Waals surface area contributed by atoms with Crippen LogP contribution in [0.5, 0.6) is 17.2 Å². The van der Waals surface area contributed by atoms with Crippen LogP contribution in [0.2, 0.25) is 0 Å². The third-order valence-electron chi connectivity index (χ3n) is 4.09. The fourth-order valence-corrected chi connectivity index (χ4v) is 3.68. The van der Waals surface area contributed by atoms with Crippen LogP contribution in [0.15, 0.2) is 53.4 Å². The second kappa shape index (κ2) is 8.33. The standard InChI is InChI=1S/C19H19N3O6S/c1-26-12-8-9-16(27-2)18(10-12)29(24,25)22-21-19(23)15-11-17(28-3)13-6-4-5-7-14(13)20-15/h4-11,22H,1-3H3,(H,21,23). The fourth-order valence-electron chi connectivity index (χ4n) is 2.66. The molecule has 0 bridgehead atoms. The van der Waals surface area contributed by atoms with Crippen LogP contribution in [0.3, 0.4) is 0 Å². The lowest BCUT2D eigenvalue weighted by atomic mass is 10.2. The summed E-state index contributed by atoms with van der Waals surface area (Å²) in [7, 11) is 0.0775. The fraction of sp³-hybridized carbons (Fsp3) is 0.158. The predicted molar refractivity (Wildman–Crippen MR) is 106 cm³/mol. The molecule has 0 aliphatic rings. The molecule has 0 fully saturated rings. The third kappa shape index (κ3) is 4.23. The Balaban J connectivity index is 1.86. The molecule has 2 aromatic carbocycles. The molecule has 2 N–H and O–H groups in total. The van der Waals surface area contributed by atoms with E-state index in [1.807, 2.05) is 10.9 Å². The average molecular weight is 417 g/mol. The molecular weight excluding hydrogens is 398 g/mol. The van der Waals surface area contributed by atoms with Crippen molar-refractivity contribution in [3.8, 4) is 17.2 Å². The maximum Gasteiger partial charge on any atom is 0.284 e. The molecule has 0 aliphatic heterocycles. The number of benzene rings is 2. The second-order valence-electron chi connectivity index (χ2n) is 5.80. The topological polar surface area (TPSA) is 116 Å². The van der Waals surface area contributed by atoms with E-state index >= 15 is 0 Å². The molecule has 10 heteroatoms. The van der Waals surface area contributed by atoms with Crippen LogP contribution in [0.25, 0.3) is 10.9 Å². The normalized spacial score (nSPS) is 11.1. The summed E-state index contributed by atoms with van der Waals surface area (Å²) in [5.41, 5.74) is 2.67. The summed E-state index contributed by atoms with van der Waals surface area (Å²) in [4.78, 5) is 18.6. The van der Waals surface area contributed by atoms with Crippen molar-refractivity contribution in [3.63, 3.8) is 0 Å². The first-order valence-corrected chi connectivity index (χ1v) is 9.86. The minimum atomic E-state index is -4.14. The lowest BCUT2D eigenvalue weighted by Gasteiger charge is -2.13. The Hall–Kier alpha value is -3.37. The summed E-state index contributed by atoms with van der Waals surface area (Å²) in [6, 6.07) is 12.8. The molecule has 0 radical (unpaired) electrons. The zero-order chi connectivity index (χ0) is 21.0. The van der Waals surface area contributed by atoms with Gasteiger partial charge in [-0.3, -0.25) is 10.2 Å². The second-order valence-corrected chi connectivity index (χ2v) is 7.45. The quantitative estimate of drug-likeness (QED) is 0.564. The number of ether oxygens (including phenoxy) is 3. The minimum absolute atomic E-state index is 0.0131. The Kier molecular flexibility index (Phi) is 5.85. The number of methoxy groups -OCH3 is 3. The first-order chi connectivity index (χ1) is 13.9. The third-order valence-corrected chi connectivity index (χ3v) is 5.36. The van der Waals surface area contributed by atoms with Crippen LogP contribution < -0.4 is 24.5 Å². The number of nitrogens with one attached hydrogen (secondary N) is 2. The number of rotatable bonds is 7. The number of hydrogen-bond donors (Lipinski definition) is 2. The van der Waals surface area contributed by atoms with Crippen LogP contribution >= 0.6 is 0 Å². The first-order valence-electron chi connectivity index (χ1n) is 8.37. The highest BCUT2D eigenvalue weighted by Crippen LogP contribution is 2.28. The molecule has 29 heavy (non-hydrogen) atoms. The van der Waals surface area contributed by atoms with E-state index in [1.54, 1.807) is 24.3 Å². The molecular formula is C19H19N3O6S. The number of carbonyl (C=O) groups excluding carboxylic acids is 1. The number of para-hydroxylation sites is 1. The van der Waals surface area contributed by atoms with Gasteiger partial charge in [0, 0.05) is 17.5 Å². The average Bonchev–Trinajstić information content (AvgIpc) is 2.76. The Labute approximate surface area is 167 Å². The first kappa shape index (κ1) is 20.4. The Morgan fingerprint density at radius 1 is 0.931 bits per heavy atom. The molecule has 152 valence electrons. The number of amides is 1. The van der Waals surface area contributed by atoms with Gasteiger partial charge in [-0.25, -0.2) is 13.4 Å². The molecule has 0 spiro atoms. The van der Waals surface area contributed by atoms with Crippen molar-refractivity contribution >= 4 is 26.8 Å². The van der Waals surface area contributed by atoms with Crippen LogP contribution in [0.1, 0.15) is 10.5 Å². The summed E-state index contributed by atoms with van der Waals surface area (Å²) >= 11 is 0. The van der Waals surface area contributed by atoms with E-state index < -0.39 is 15.9 Å². The minimum Gasteiger partial charge on any atom is -0.497 e. The highest BCUT2D eigenvalue weighted by Gasteiger charge is 2.22. The molecule has 0 unspecified atom stereocenters. The van der Waals surface area contributed by atoms with E-state index in [2.05, 4.69) is 10.4 Å².